The number of hydrogen-bond donors (Lipinski definition) is 1. The Morgan fingerprint density at radius 2 is 1.83 bits per heavy atom. The summed E-state index contributed by atoms with van der Waals surface area (Å²) in [5.41, 5.74) is 2.19. The normalized spacial score (nSPS) is 19.6. The van der Waals surface area contributed by atoms with Gasteiger partial charge in [0, 0.05) is 25.0 Å². The highest BCUT2D eigenvalue weighted by Gasteiger charge is 2.27. The number of nitrogens with one attached hydrogen (secondary N) is 1. The van der Waals surface area contributed by atoms with Gasteiger partial charge in [-0.25, -0.2) is 8.42 Å². The van der Waals surface area contributed by atoms with Crippen molar-refractivity contribution in [1.82, 2.24) is 10.3 Å². The van der Waals surface area contributed by atoms with Crippen molar-refractivity contribution in [3.63, 3.8) is 0 Å². The van der Waals surface area contributed by atoms with E-state index in [0.717, 1.165) is 16.9 Å². The molecule has 0 saturated carbocycles. The van der Waals surface area contributed by atoms with Crippen molar-refractivity contribution >= 4 is 9.84 Å². The Morgan fingerprint density at radius 1 is 1.09 bits per heavy atom. The molecule has 1 unspecified atom stereocenters. The van der Waals surface area contributed by atoms with Gasteiger partial charge in [0.1, 0.15) is 12.4 Å². The average Bonchev–Trinajstić information content (AvgIpc) is 2.92. The third-order valence-corrected chi connectivity index (χ3v) is 5.67. The minimum absolute atomic E-state index is 0.0719. The van der Waals surface area contributed by atoms with Crippen LogP contribution in [0.4, 0.5) is 0 Å². The van der Waals surface area contributed by atoms with Crippen LogP contribution in [-0.2, 0) is 23.0 Å². The molecule has 0 radical (unpaired) electrons. The van der Waals surface area contributed by atoms with E-state index >= 15 is 0 Å². The first kappa shape index (κ1) is 16.0. The fraction of sp³-hybridized carbons (Fsp3) is 0.353. The minimum atomic E-state index is -2.83. The number of rotatable bonds is 6. The number of sulfone groups is 1. The Labute approximate surface area is 136 Å². The number of ether oxygens (including phenoxy) is 1. The summed E-state index contributed by atoms with van der Waals surface area (Å²) in [4.78, 5) is 3.97. The van der Waals surface area contributed by atoms with Crippen molar-refractivity contribution < 1.29 is 13.2 Å². The number of benzene rings is 1. The van der Waals surface area contributed by atoms with E-state index in [9.17, 15) is 8.42 Å². The zero-order valence-electron chi connectivity index (χ0n) is 12.8. The van der Waals surface area contributed by atoms with E-state index < -0.39 is 9.84 Å². The lowest BCUT2D eigenvalue weighted by Crippen LogP contribution is -2.29. The summed E-state index contributed by atoms with van der Waals surface area (Å²) in [6, 6.07) is 11.8. The molecule has 1 aliphatic rings. The van der Waals surface area contributed by atoms with Crippen LogP contribution in [0.1, 0.15) is 17.5 Å². The van der Waals surface area contributed by atoms with Gasteiger partial charge >= 0.3 is 0 Å². The molecule has 2 aromatic rings. The predicted octanol–water partition coefficient (Wildman–Crippen LogP) is 1.94. The summed E-state index contributed by atoms with van der Waals surface area (Å²) in [6.45, 7) is 1.19. The van der Waals surface area contributed by atoms with Crippen LogP contribution >= 0.6 is 0 Å². The molecule has 0 spiro atoms. The Morgan fingerprint density at radius 3 is 2.48 bits per heavy atom. The lowest BCUT2D eigenvalue weighted by atomic mass is 10.2. The van der Waals surface area contributed by atoms with Gasteiger partial charge in [0.15, 0.2) is 9.84 Å². The van der Waals surface area contributed by atoms with Gasteiger partial charge in [-0.3, -0.25) is 4.98 Å². The van der Waals surface area contributed by atoms with E-state index in [1.165, 1.54) is 0 Å². The minimum Gasteiger partial charge on any atom is -0.489 e. The van der Waals surface area contributed by atoms with Crippen LogP contribution in [0.3, 0.4) is 0 Å². The molecule has 122 valence electrons. The van der Waals surface area contributed by atoms with Crippen LogP contribution in [0.5, 0.6) is 5.75 Å². The fourth-order valence-electron chi connectivity index (χ4n) is 2.57. The van der Waals surface area contributed by atoms with Gasteiger partial charge in [-0.15, -0.1) is 0 Å². The van der Waals surface area contributed by atoms with E-state index in [1.807, 2.05) is 36.4 Å². The second kappa shape index (κ2) is 7.10. The quantitative estimate of drug-likeness (QED) is 0.875. The molecular weight excluding hydrogens is 312 g/mol. The van der Waals surface area contributed by atoms with E-state index in [2.05, 4.69) is 10.3 Å². The highest BCUT2D eigenvalue weighted by atomic mass is 32.2. The Bertz CT molecular complexity index is 730. The number of aromatic nitrogens is 1. The summed E-state index contributed by atoms with van der Waals surface area (Å²) in [5, 5.41) is 3.30. The van der Waals surface area contributed by atoms with Crippen molar-refractivity contribution in [1.29, 1.82) is 0 Å². The second-order valence-corrected chi connectivity index (χ2v) is 8.00. The van der Waals surface area contributed by atoms with Gasteiger partial charge in [0.25, 0.3) is 0 Å². The largest absolute Gasteiger partial charge is 0.489 e. The van der Waals surface area contributed by atoms with Gasteiger partial charge in [0.05, 0.1) is 11.5 Å². The Hall–Kier alpha value is -1.92. The zero-order chi connectivity index (χ0) is 16.1. The van der Waals surface area contributed by atoms with Gasteiger partial charge in [-0.1, -0.05) is 12.1 Å². The van der Waals surface area contributed by atoms with Crippen LogP contribution in [0.25, 0.3) is 0 Å². The molecule has 1 aliphatic heterocycles. The van der Waals surface area contributed by atoms with Crippen molar-refractivity contribution in [2.75, 3.05) is 11.5 Å². The van der Waals surface area contributed by atoms with Gasteiger partial charge in [0.2, 0.25) is 0 Å². The summed E-state index contributed by atoms with van der Waals surface area (Å²) in [6.07, 6.45) is 4.20. The molecule has 1 saturated heterocycles. The first-order valence-corrected chi connectivity index (χ1v) is 9.47. The first-order chi connectivity index (χ1) is 11.1. The summed E-state index contributed by atoms with van der Waals surface area (Å²) >= 11 is 0. The second-order valence-electron chi connectivity index (χ2n) is 5.77. The molecule has 6 heteroatoms. The molecule has 3 rings (SSSR count). The maximum atomic E-state index is 11.4. The lowest BCUT2D eigenvalue weighted by Gasteiger charge is -2.11. The highest BCUT2D eigenvalue weighted by Crippen LogP contribution is 2.15. The molecule has 2 heterocycles. The predicted molar refractivity (Wildman–Crippen MR) is 88.9 cm³/mol. The third kappa shape index (κ3) is 4.77. The van der Waals surface area contributed by atoms with Crippen LogP contribution in [0.15, 0.2) is 48.8 Å². The number of nitrogens with zero attached hydrogens (tertiary/aromatic N) is 1. The SMILES string of the molecule is O=S1(=O)CCC(NCc2ccc(OCc3ccncc3)cc2)C1. The highest BCUT2D eigenvalue weighted by molar-refractivity contribution is 7.91. The molecule has 23 heavy (non-hydrogen) atoms. The molecule has 5 nitrogen and oxygen atoms in total. The van der Waals surface area contributed by atoms with Gasteiger partial charge < -0.3 is 10.1 Å². The number of pyridine rings is 1. The summed E-state index contributed by atoms with van der Waals surface area (Å²) < 4.78 is 28.6. The van der Waals surface area contributed by atoms with Gasteiger partial charge in [-0.2, -0.15) is 0 Å². The van der Waals surface area contributed by atoms with Crippen LogP contribution in [-0.4, -0.2) is 30.9 Å². The first-order valence-electron chi connectivity index (χ1n) is 7.65. The summed E-state index contributed by atoms with van der Waals surface area (Å²) in [7, 11) is -2.83. The molecule has 0 amide bonds. The standard InChI is InChI=1S/C17H20N2O3S/c20-23(21)10-7-16(13-23)19-11-14-1-3-17(4-2-14)22-12-15-5-8-18-9-6-15/h1-6,8-9,16,19H,7,10-13H2. The molecule has 1 fully saturated rings. The molecule has 1 aromatic carbocycles. The summed E-state index contributed by atoms with van der Waals surface area (Å²) in [5.74, 6) is 1.36. The van der Waals surface area contributed by atoms with Crippen LogP contribution < -0.4 is 10.1 Å². The molecule has 1 N–H and O–H groups in total. The van der Waals surface area contributed by atoms with Crippen LogP contribution in [0.2, 0.25) is 0 Å². The monoisotopic (exact) mass is 332 g/mol. The smallest absolute Gasteiger partial charge is 0.151 e. The molecular formula is C17H20N2O3S. The maximum Gasteiger partial charge on any atom is 0.151 e. The Kier molecular flexibility index (Phi) is 4.93. The Balaban J connectivity index is 1.47. The number of hydrogen-bond acceptors (Lipinski definition) is 5. The van der Waals surface area contributed by atoms with Gasteiger partial charge in [-0.05, 0) is 41.8 Å². The molecule has 1 aromatic heterocycles. The van der Waals surface area contributed by atoms with Crippen molar-refractivity contribution in [2.24, 2.45) is 0 Å². The fourth-order valence-corrected chi connectivity index (χ4v) is 4.28. The van der Waals surface area contributed by atoms with E-state index in [4.69, 9.17) is 4.74 Å². The maximum absolute atomic E-state index is 11.4. The third-order valence-electron chi connectivity index (χ3n) is 3.91. The van der Waals surface area contributed by atoms with E-state index in [0.29, 0.717) is 25.3 Å². The molecule has 0 aliphatic carbocycles. The van der Waals surface area contributed by atoms with Crippen LogP contribution in [0, 0.1) is 0 Å². The van der Waals surface area contributed by atoms with Crippen molar-refractivity contribution in [2.45, 2.75) is 25.6 Å². The molecule has 0 bridgehead atoms. The van der Waals surface area contributed by atoms with Crippen molar-refractivity contribution in [3.05, 3.63) is 59.9 Å². The average molecular weight is 332 g/mol. The zero-order valence-corrected chi connectivity index (χ0v) is 13.6. The lowest BCUT2D eigenvalue weighted by molar-refractivity contribution is 0.306. The molecule has 1 atom stereocenters. The topological polar surface area (TPSA) is 68.3 Å². The van der Waals surface area contributed by atoms with Crippen molar-refractivity contribution in [3.8, 4) is 5.75 Å². The van der Waals surface area contributed by atoms with E-state index in [-0.39, 0.29) is 11.8 Å². The van der Waals surface area contributed by atoms with E-state index in [1.54, 1.807) is 12.4 Å².